The van der Waals surface area contributed by atoms with E-state index < -0.39 is 10.0 Å². The molecule has 0 aliphatic rings. The summed E-state index contributed by atoms with van der Waals surface area (Å²) in [5.41, 5.74) is 3.51. The normalized spacial score (nSPS) is 12.3. The van der Waals surface area contributed by atoms with Crippen LogP contribution in [0.4, 0.5) is 10.5 Å². The van der Waals surface area contributed by atoms with Gasteiger partial charge in [0.05, 0.1) is 12.3 Å². The van der Waals surface area contributed by atoms with Gasteiger partial charge in [0.2, 0.25) is 10.0 Å². The van der Waals surface area contributed by atoms with Crippen molar-refractivity contribution in [2.75, 3.05) is 11.0 Å². The molecule has 0 fully saturated rings. The van der Waals surface area contributed by atoms with E-state index >= 15 is 0 Å². The average molecular weight is 375 g/mol. The molecule has 0 heterocycles. The van der Waals surface area contributed by atoms with E-state index in [1.54, 1.807) is 18.2 Å². The fourth-order valence-corrected chi connectivity index (χ4v) is 3.13. The molecule has 26 heavy (non-hydrogen) atoms. The van der Waals surface area contributed by atoms with Gasteiger partial charge < -0.3 is 10.6 Å². The largest absolute Gasteiger partial charge is 0.334 e. The number of anilines is 1. The highest BCUT2D eigenvalue weighted by Gasteiger charge is 2.12. The van der Waals surface area contributed by atoms with Crippen molar-refractivity contribution in [2.24, 2.45) is 0 Å². The van der Waals surface area contributed by atoms with Crippen molar-refractivity contribution in [3.8, 4) is 0 Å². The van der Waals surface area contributed by atoms with E-state index in [0.717, 1.165) is 23.8 Å². The van der Waals surface area contributed by atoms with Crippen molar-refractivity contribution in [1.29, 1.82) is 0 Å². The Kier molecular flexibility index (Phi) is 6.63. The second kappa shape index (κ2) is 8.71. The zero-order valence-electron chi connectivity index (χ0n) is 15.2. The highest BCUT2D eigenvalue weighted by molar-refractivity contribution is 7.92. The first-order chi connectivity index (χ1) is 12.3. The van der Waals surface area contributed by atoms with Crippen LogP contribution in [0.5, 0.6) is 0 Å². The maximum Gasteiger partial charge on any atom is 0.315 e. The number of aryl methyl sites for hydroxylation is 1. The summed E-state index contributed by atoms with van der Waals surface area (Å²) in [6.45, 7) is 4.35. The van der Waals surface area contributed by atoms with Crippen molar-refractivity contribution in [3.63, 3.8) is 0 Å². The Hall–Kier alpha value is -2.54. The van der Waals surface area contributed by atoms with E-state index in [0.29, 0.717) is 12.2 Å². The molecule has 2 aromatic carbocycles. The van der Waals surface area contributed by atoms with Crippen LogP contribution in [-0.4, -0.2) is 20.7 Å². The molecule has 0 unspecified atom stereocenters. The van der Waals surface area contributed by atoms with Crippen LogP contribution in [0.25, 0.3) is 0 Å². The van der Waals surface area contributed by atoms with Gasteiger partial charge in [0.25, 0.3) is 0 Å². The van der Waals surface area contributed by atoms with Gasteiger partial charge in [0.15, 0.2) is 0 Å². The van der Waals surface area contributed by atoms with Gasteiger partial charge >= 0.3 is 6.03 Å². The van der Waals surface area contributed by atoms with Crippen molar-refractivity contribution in [3.05, 3.63) is 65.2 Å². The Morgan fingerprint density at radius 2 is 1.81 bits per heavy atom. The van der Waals surface area contributed by atoms with Crippen molar-refractivity contribution in [1.82, 2.24) is 10.6 Å². The van der Waals surface area contributed by atoms with Crippen LogP contribution >= 0.6 is 0 Å². The maximum absolute atomic E-state index is 12.2. The number of urea groups is 1. The van der Waals surface area contributed by atoms with Crippen LogP contribution in [0.3, 0.4) is 0 Å². The lowest BCUT2D eigenvalue weighted by Gasteiger charge is -2.18. The van der Waals surface area contributed by atoms with E-state index in [4.69, 9.17) is 0 Å². The van der Waals surface area contributed by atoms with Crippen LogP contribution in [0, 0.1) is 6.92 Å². The number of benzene rings is 2. The van der Waals surface area contributed by atoms with E-state index in [9.17, 15) is 13.2 Å². The fraction of sp³-hybridized carbons (Fsp3) is 0.316. The van der Waals surface area contributed by atoms with Gasteiger partial charge in [-0.3, -0.25) is 4.72 Å². The second-order valence-corrected chi connectivity index (χ2v) is 8.02. The number of hydrogen-bond acceptors (Lipinski definition) is 3. The van der Waals surface area contributed by atoms with E-state index in [1.165, 1.54) is 5.56 Å². The minimum absolute atomic E-state index is 0.0613. The predicted molar refractivity (Wildman–Crippen MR) is 104 cm³/mol. The molecule has 0 aromatic heterocycles. The van der Waals surface area contributed by atoms with Crippen molar-refractivity contribution in [2.45, 2.75) is 32.9 Å². The summed E-state index contributed by atoms with van der Waals surface area (Å²) in [5, 5.41) is 5.77. The summed E-state index contributed by atoms with van der Waals surface area (Å²) in [5.74, 6) is 0. The number of sulfonamides is 1. The van der Waals surface area contributed by atoms with E-state index in [-0.39, 0.29) is 12.1 Å². The van der Waals surface area contributed by atoms with Gasteiger partial charge in [-0.1, -0.05) is 48.9 Å². The zero-order valence-corrected chi connectivity index (χ0v) is 16.1. The highest BCUT2D eigenvalue weighted by atomic mass is 32.2. The van der Waals surface area contributed by atoms with Gasteiger partial charge in [0, 0.05) is 12.2 Å². The molecule has 0 aliphatic carbocycles. The Bertz CT molecular complexity index is 849. The third kappa shape index (κ3) is 6.40. The predicted octanol–water partition coefficient (Wildman–Crippen LogP) is 3.32. The van der Waals surface area contributed by atoms with Crippen molar-refractivity contribution < 1.29 is 13.2 Å². The first-order valence-electron chi connectivity index (χ1n) is 8.44. The van der Waals surface area contributed by atoms with E-state index in [2.05, 4.69) is 15.4 Å². The molecule has 0 spiro atoms. The molecule has 140 valence electrons. The molecule has 0 saturated carbocycles. The molecule has 1 atom stereocenters. The first kappa shape index (κ1) is 19.8. The van der Waals surface area contributed by atoms with Crippen LogP contribution < -0.4 is 15.4 Å². The standard InChI is InChI=1S/C19H25N3O3S/c1-4-18(16-10-8-14(2)9-11-16)21-19(23)20-13-15-6-5-7-17(12-15)22-26(3,24)25/h5-12,18,22H,4,13H2,1-3H3,(H2,20,21,23)/t18-/m1/s1. The van der Waals surface area contributed by atoms with Gasteiger partial charge in [0.1, 0.15) is 0 Å². The van der Waals surface area contributed by atoms with Gasteiger partial charge in [-0.15, -0.1) is 0 Å². The number of hydrogen-bond donors (Lipinski definition) is 3. The molecular weight excluding hydrogens is 350 g/mol. The summed E-state index contributed by atoms with van der Waals surface area (Å²) in [7, 11) is -3.33. The van der Waals surface area contributed by atoms with E-state index in [1.807, 2.05) is 44.2 Å². The third-order valence-corrected chi connectivity index (χ3v) is 4.48. The fourth-order valence-electron chi connectivity index (χ4n) is 2.57. The number of carbonyl (C=O) groups excluding carboxylic acids is 1. The minimum Gasteiger partial charge on any atom is -0.334 e. The third-order valence-electron chi connectivity index (χ3n) is 3.88. The van der Waals surface area contributed by atoms with Gasteiger partial charge in [-0.05, 0) is 36.6 Å². The topological polar surface area (TPSA) is 87.3 Å². The van der Waals surface area contributed by atoms with Gasteiger partial charge in [-0.2, -0.15) is 0 Å². The van der Waals surface area contributed by atoms with Crippen molar-refractivity contribution >= 4 is 21.7 Å². The summed E-state index contributed by atoms with van der Waals surface area (Å²) in [4.78, 5) is 12.2. The first-order valence-corrected chi connectivity index (χ1v) is 10.3. The molecule has 0 saturated heterocycles. The minimum atomic E-state index is -3.33. The lowest BCUT2D eigenvalue weighted by Crippen LogP contribution is -2.37. The quantitative estimate of drug-likeness (QED) is 0.694. The lowest BCUT2D eigenvalue weighted by atomic mass is 10.0. The molecule has 7 heteroatoms. The molecular formula is C19H25N3O3S. The lowest BCUT2D eigenvalue weighted by molar-refractivity contribution is 0.236. The number of carbonyl (C=O) groups is 1. The Labute approximate surface area is 155 Å². The monoisotopic (exact) mass is 375 g/mol. The van der Waals surface area contributed by atoms with Crippen LogP contribution in [-0.2, 0) is 16.6 Å². The smallest absolute Gasteiger partial charge is 0.315 e. The summed E-state index contributed by atoms with van der Waals surface area (Å²) < 4.78 is 25.0. The Morgan fingerprint density at radius 1 is 1.12 bits per heavy atom. The highest BCUT2D eigenvalue weighted by Crippen LogP contribution is 2.17. The molecule has 6 nitrogen and oxygen atoms in total. The number of nitrogens with one attached hydrogen (secondary N) is 3. The molecule has 0 aliphatic heterocycles. The van der Waals surface area contributed by atoms with Crippen LogP contribution in [0.15, 0.2) is 48.5 Å². The molecule has 0 bridgehead atoms. The summed E-state index contributed by atoms with van der Waals surface area (Å²) in [6, 6.07) is 14.7. The number of rotatable bonds is 7. The Morgan fingerprint density at radius 3 is 2.42 bits per heavy atom. The zero-order chi connectivity index (χ0) is 19.2. The average Bonchev–Trinajstić information content (AvgIpc) is 2.57. The molecule has 2 rings (SSSR count). The number of amides is 2. The SMILES string of the molecule is CC[C@@H](NC(=O)NCc1cccc(NS(C)(=O)=O)c1)c1ccc(C)cc1. The summed E-state index contributed by atoms with van der Waals surface area (Å²) in [6.07, 6.45) is 1.88. The molecule has 2 amide bonds. The molecule has 3 N–H and O–H groups in total. The molecule has 0 radical (unpaired) electrons. The van der Waals surface area contributed by atoms with Crippen LogP contribution in [0.1, 0.15) is 36.1 Å². The van der Waals surface area contributed by atoms with Gasteiger partial charge in [-0.25, -0.2) is 13.2 Å². The van der Waals surface area contributed by atoms with Crippen LogP contribution in [0.2, 0.25) is 0 Å². The molecule has 2 aromatic rings. The second-order valence-electron chi connectivity index (χ2n) is 6.27. The maximum atomic E-state index is 12.2. The summed E-state index contributed by atoms with van der Waals surface area (Å²) >= 11 is 0. The Balaban J connectivity index is 1.93.